The van der Waals surface area contributed by atoms with Crippen molar-refractivity contribution in [1.82, 2.24) is 15.2 Å². The van der Waals surface area contributed by atoms with Crippen LogP contribution in [-0.2, 0) is 16.0 Å². The third-order valence-electron chi connectivity index (χ3n) is 4.16. The highest BCUT2D eigenvalue weighted by Crippen LogP contribution is 2.16. The maximum absolute atomic E-state index is 13.4. The van der Waals surface area contributed by atoms with Gasteiger partial charge in [0.1, 0.15) is 10.7 Å². The lowest BCUT2D eigenvalue weighted by atomic mass is 10.3. The highest BCUT2D eigenvalue weighted by Gasteiger charge is 2.18. The van der Waals surface area contributed by atoms with Crippen LogP contribution in [0.15, 0.2) is 23.6 Å². The Hall–Kier alpha value is -2.63. The number of amides is 3. The Morgan fingerprint density at radius 1 is 1.13 bits per heavy atom. The van der Waals surface area contributed by atoms with E-state index in [1.165, 1.54) is 22.3 Å². The van der Waals surface area contributed by atoms with Gasteiger partial charge in [0.15, 0.2) is 11.6 Å². The standard InChI is InChI=1S/C20H26F2N4O4S/c1-29-9-3-7-23-19(27)17-13-31-18(25-17)12-26(8-4-10-30-2)20(28)24-14-5-6-15(21)16(22)11-14/h5-6,11,13H,3-4,7-10,12H2,1-2H3,(H,23,27)(H,24,28). The first-order valence-electron chi connectivity index (χ1n) is 9.66. The predicted octanol–water partition coefficient (Wildman–Crippen LogP) is 3.26. The second kappa shape index (κ2) is 12.9. The summed E-state index contributed by atoms with van der Waals surface area (Å²) in [5.74, 6) is -2.34. The summed E-state index contributed by atoms with van der Waals surface area (Å²) in [5.41, 5.74) is 0.408. The van der Waals surface area contributed by atoms with E-state index >= 15 is 0 Å². The quantitative estimate of drug-likeness (QED) is 0.479. The Kier molecular flexibility index (Phi) is 10.3. The van der Waals surface area contributed by atoms with Crippen LogP contribution in [-0.4, -0.2) is 62.3 Å². The molecule has 1 aromatic carbocycles. The van der Waals surface area contributed by atoms with E-state index in [1.54, 1.807) is 19.6 Å². The number of rotatable bonds is 12. The van der Waals surface area contributed by atoms with Gasteiger partial charge in [-0.25, -0.2) is 18.6 Å². The number of carbonyl (C=O) groups excluding carboxylic acids is 2. The molecule has 0 aliphatic rings. The zero-order chi connectivity index (χ0) is 22.6. The third kappa shape index (κ3) is 8.19. The molecule has 0 saturated carbocycles. The summed E-state index contributed by atoms with van der Waals surface area (Å²) < 4.78 is 36.5. The highest BCUT2D eigenvalue weighted by molar-refractivity contribution is 7.09. The van der Waals surface area contributed by atoms with Crippen molar-refractivity contribution in [3.8, 4) is 0 Å². The molecule has 0 atom stereocenters. The summed E-state index contributed by atoms with van der Waals surface area (Å²) in [6.45, 7) is 1.97. The zero-order valence-electron chi connectivity index (χ0n) is 17.5. The van der Waals surface area contributed by atoms with E-state index in [2.05, 4.69) is 15.6 Å². The SMILES string of the molecule is COCCCNC(=O)c1csc(CN(CCCOC)C(=O)Nc2ccc(F)c(F)c2)n1. The van der Waals surface area contributed by atoms with Gasteiger partial charge in [-0.3, -0.25) is 4.79 Å². The first-order valence-corrected chi connectivity index (χ1v) is 10.5. The van der Waals surface area contributed by atoms with Gasteiger partial charge in [-0.2, -0.15) is 0 Å². The predicted molar refractivity (Wildman–Crippen MR) is 113 cm³/mol. The summed E-state index contributed by atoms with van der Waals surface area (Å²) >= 11 is 1.26. The molecule has 8 nitrogen and oxygen atoms in total. The molecule has 0 aliphatic heterocycles. The van der Waals surface area contributed by atoms with Crippen molar-refractivity contribution < 1.29 is 27.8 Å². The molecule has 11 heteroatoms. The van der Waals surface area contributed by atoms with E-state index in [0.29, 0.717) is 44.2 Å². The number of halogens is 2. The Morgan fingerprint density at radius 3 is 2.58 bits per heavy atom. The molecule has 2 aromatic rings. The van der Waals surface area contributed by atoms with Crippen LogP contribution >= 0.6 is 11.3 Å². The van der Waals surface area contributed by atoms with Gasteiger partial charge in [0, 0.05) is 57.7 Å². The lowest BCUT2D eigenvalue weighted by molar-refractivity contribution is 0.0944. The van der Waals surface area contributed by atoms with Crippen LogP contribution in [0.1, 0.15) is 28.3 Å². The monoisotopic (exact) mass is 456 g/mol. The number of anilines is 1. The fourth-order valence-electron chi connectivity index (χ4n) is 2.59. The third-order valence-corrected chi connectivity index (χ3v) is 4.99. The number of carbonyl (C=O) groups is 2. The van der Waals surface area contributed by atoms with Gasteiger partial charge in [0.2, 0.25) is 0 Å². The number of ether oxygens (including phenoxy) is 2. The van der Waals surface area contributed by atoms with Crippen molar-refractivity contribution in [2.45, 2.75) is 19.4 Å². The molecule has 2 rings (SSSR count). The van der Waals surface area contributed by atoms with Crippen LogP contribution in [0, 0.1) is 11.6 Å². The first-order chi connectivity index (χ1) is 14.9. The number of aromatic nitrogens is 1. The molecule has 0 aliphatic carbocycles. The number of benzene rings is 1. The lowest BCUT2D eigenvalue weighted by Crippen LogP contribution is -2.35. The second-order valence-corrected chi connectivity index (χ2v) is 7.50. The molecule has 0 saturated heterocycles. The number of nitrogens with one attached hydrogen (secondary N) is 2. The van der Waals surface area contributed by atoms with Crippen molar-refractivity contribution in [2.24, 2.45) is 0 Å². The van der Waals surface area contributed by atoms with Gasteiger partial charge in [0.05, 0.1) is 6.54 Å². The molecule has 1 heterocycles. The maximum Gasteiger partial charge on any atom is 0.322 e. The topological polar surface area (TPSA) is 92.8 Å². The zero-order valence-corrected chi connectivity index (χ0v) is 18.3. The Morgan fingerprint density at radius 2 is 1.87 bits per heavy atom. The summed E-state index contributed by atoms with van der Waals surface area (Å²) in [5, 5.41) is 7.51. The van der Waals surface area contributed by atoms with Crippen molar-refractivity contribution in [2.75, 3.05) is 45.8 Å². The van der Waals surface area contributed by atoms with Gasteiger partial charge < -0.3 is 25.0 Å². The van der Waals surface area contributed by atoms with E-state index in [0.717, 1.165) is 12.1 Å². The Labute approximate surface area is 183 Å². The van der Waals surface area contributed by atoms with Crippen molar-refractivity contribution in [3.63, 3.8) is 0 Å². The average Bonchev–Trinajstić information content (AvgIpc) is 3.22. The average molecular weight is 457 g/mol. The minimum atomic E-state index is -1.05. The van der Waals surface area contributed by atoms with Gasteiger partial charge >= 0.3 is 6.03 Å². The minimum Gasteiger partial charge on any atom is -0.385 e. The van der Waals surface area contributed by atoms with E-state index in [9.17, 15) is 18.4 Å². The number of thiazole rings is 1. The molecule has 0 bridgehead atoms. The summed E-state index contributed by atoms with van der Waals surface area (Å²) in [7, 11) is 3.15. The van der Waals surface area contributed by atoms with Crippen LogP contribution in [0.5, 0.6) is 0 Å². The number of nitrogens with zero attached hydrogens (tertiary/aromatic N) is 2. The molecule has 0 unspecified atom stereocenters. The van der Waals surface area contributed by atoms with E-state index in [1.807, 2.05) is 0 Å². The largest absolute Gasteiger partial charge is 0.385 e. The van der Waals surface area contributed by atoms with Crippen molar-refractivity contribution >= 4 is 29.0 Å². The van der Waals surface area contributed by atoms with E-state index in [4.69, 9.17) is 9.47 Å². The van der Waals surface area contributed by atoms with Crippen LogP contribution in [0.3, 0.4) is 0 Å². The molecule has 1 aromatic heterocycles. The summed E-state index contributed by atoms with van der Waals surface area (Å²) in [4.78, 5) is 30.6. The van der Waals surface area contributed by atoms with Crippen LogP contribution in [0.4, 0.5) is 19.3 Å². The van der Waals surface area contributed by atoms with Crippen molar-refractivity contribution in [3.05, 3.63) is 45.9 Å². The fourth-order valence-corrected chi connectivity index (χ4v) is 3.38. The van der Waals surface area contributed by atoms with Crippen molar-refractivity contribution in [1.29, 1.82) is 0 Å². The van der Waals surface area contributed by atoms with Crippen LogP contribution in [0.25, 0.3) is 0 Å². The Balaban J connectivity index is 2.01. The highest BCUT2D eigenvalue weighted by atomic mass is 32.1. The smallest absolute Gasteiger partial charge is 0.322 e. The van der Waals surface area contributed by atoms with E-state index in [-0.39, 0.29) is 23.8 Å². The minimum absolute atomic E-state index is 0.135. The number of hydrogen-bond donors (Lipinski definition) is 2. The molecule has 0 radical (unpaired) electrons. The number of urea groups is 1. The summed E-state index contributed by atoms with van der Waals surface area (Å²) in [6, 6.07) is 2.64. The molecule has 2 N–H and O–H groups in total. The fraction of sp³-hybridized carbons (Fsp3) is 0.450. The second-order valence-electron chi connectivity index (χ2n) is 6.56. The van der Waals surface area contributed by atoms with Crippen LogP contribution in [0.2, 0.25) is 0 Å². The molecular formula is C20H26F2N4O4S. The van der Waals surface area contributed by atoms with Gasteiger partial charge in [-0.15, -0.1) is 11.3 Å². The van der Waals surface area contributed by atoms with Gasteiger partial charge in [-0.1, -0.05) is 0 Å². The maximum atomic E-state index is 13.4. The van der Waals surface area contributed by atoms with Crippen LogP contribution < -0.4 is 10.6 Å². The number of methoxy groups -OCH3 is 2. The molecule has 0 fully saturated rings. The van der Waals surface area contributed by atoms with Gasteiger partial charge in [0.25, 0.3) is 5.91 Å². The molecule has 170 valence electrons. The number of hydrogen-bond acceptors (Lipinski definition) is 6. The molecular weight excluding hydrogens is 430 g/mol. The Bertz CT molecular complexity index is 865. The van der Waals surface area contributed by atoms with E-state index < -0.39 is 17.7 Å². The molecule has 31 heavy (non-hydrogen) atoms. The normalized spacial score (nSPS) is 10.7. The first kappa shape index (κ1) is 24.6. The molecule has 0 spiro atoms. The summed E-state index contributed by atoms with van der Waals surface area (Å²) in [6.07, 6.45) is 1.26. The van der Waals surface area contributed by atoms with Gasteiger partial charge in [-0.05, 0) is 25.0 Å². The lowest BCUT2D eigenvalue weighted by Gasteiger charge is -2.22. The molecule has 3 amide bonds.